The van der Waals surface area contributed by atoms with E-state index in [1.807, 2.05) is 0 Å². The number of benzene rings is 1. The molecule has 3 heteroatoms. The van der Waals surface area contributed by atoms with Crippen LogP contribution in [0.3, 0.4) is 0 Å². The van der Waals surface area contributed by atoms with E-state index in [2.05, 4.69) is 30.7 Å². The molecule has 0 saturated heterocycles. The maximum Gasteiger partial charge on any atom is 0.340 e. The number of carbonyl (C=O) groups excluding carboxylic acids is 1. The molecule has 2 fully saturated rings. The second kappa shape index (κ2) is 10.2. The molecule has 0 bridgehead atoms. The maximum absolute atomic E-state index is 13.4. The van der Waals surface area contributed by atoms with Crippen molar-refractivity contribution in [2.45, 2.75) is 95.7 Å². The van der Waals surface area contributed by atoms with Crippen LogP contribution in [0.4, 0.5) is 4.39 Å². The largest absolute Gasteiger partial charge is 0.460 e. The van der Waals surface area contributed by atoms with E-state index in [0.29, 0.717) is 5.92 Å². The number of aryl methyl sites for hydroxylation is 1. The molecule has 2 aliphatic rings. The van der Waals surface area contributed by atoms with Gasteiger partial charge in [0.1, 0.15) is 6.10 Å². The number of hydrogen-bond acceptors (Lipinski definition) is 2. The summed E-state index contributed by atoms with van der Waals surface area (Å²) < 4.78 is 18.7. The fraction of sp³-hybridized carbons (Fsp3) is 0.667. The minimum atomic E-state index is -1.47. The van der Waals surface area contributed by atoms with Crippen LogP contribution in [0.15, 0.2) is 24.3 Å². The number of rotatable bonds is 7. The topological polar surface area (TPSA) is 26.3 Å². The molecule has 1 radical (unpaired) electrons. The van der Waals surface area contributed by atoms with E-state index < -0.39 is 12.1 Å². The summed E-state index contributed by atoms with van der Waals surface area (Å²) in [6.45, 7) is 1.67. The number of ether oxygens (including phenoxy) is 1. The van der Waals surface area contributed by atoms with Gasteiger partial charge in [0.2, 0.25) is 0 Å². The first-order chi connectivity index (χ1) is 13.2. The average Bonchev–Trinajstić information content (AvgIpc) is 2.73. The van der Waals surface area contributed by atoms with Gasteiger partial charge in [-0.05, 0) is 87.2 Å². The van der Waals surface area contributed by atoms with Crippen molar-refractivity contribution in [3.63, 3.8) is 0 Å². The van der Waals surface area contributed by atoms with Gasteiger partial charge in [-0.1, -0.05) is 44.0 Å². The summed E-state index contributed by atoms with van der Waals surface area (Å²) in [6, 6.07) is 9.17. The van der Waals surface area contributed by atoms with E-state index >= 15 is 0 Å². The van der Waals surface area contributed by atoms with Crippen LogP contribution < -0.4 is 0 Å². The predicted molar refractivity (Wildman–Crippen MR) is 107 cm³/mol. The zero-order valence-electron chi connectivity index (χ0n) is 16.7. The Morgan fingerprint density at radius 1 is 1.07 bits per heavy atom. The molecule has 27 heavy (non-hydrogen) atoms. The number of hydrogen-bond donors (Lipinski definition) is 0. The molecular formula is C24H34FO2. The monoisotopic (exact) mass is 373 g/mol. The molecule has 3 rings (SSSR count). The molecule has 2 nitrogen and oxygen atoms in total. The van der Waals surface area contributed by atoms with Gasteiger partial charge in [0.05, 0.1) is 0 Å². The zero-order valence-corrected chi connectivity index (χ0v) is 16.7. The van der Waals surface area contributed by atoms with Gasteiger partial charge >= 0.3 is 5.97 Å². The Kier molecular flexibility index (Phi) is 7.72. The van der Waals surface area contributed by atoms with E-state index in [9.17, 15) is 9.18 Å². The van der Waals surface area contributed by atoms with Crippen molar-refractivity contribution in [3.05, 3.63) is 41.8 Å². The Morgan fingerprint density at radius 2 is 1.74 bits per heavy atom. The van der Waals surface area contributed by atoms with Crippen molar-refractivity contribution in [2.75, 3.05) is 0 Å². The smallest absolute Gasteiger partial charge is 0.340 e. The highest BCUT2D eigenvalue weighted by Gasteiger charge is 2.27. The van der Waals surface area contributed by atoms with Crippen LogP contribution in [0, 0.1) is 12.3 Å². The van der Waals surface area contributed by atoms with E-state index in [1.54, 1.807) is 6.92 Å². The van der Waals surface area contributed by atoms with Gasteiger partial charge < -0.3 is 4.74 Å². The van der Waals surface area contributed by atoms with Crippen LogP contribution in [0.1, 0.15) is 88.2 Å². The molecule has 0 heterocycles. The summed E-state index contributed by atoms with van der Waals surface area (Å²) in [6.07, 6.45) is 12.6. The average molecular weight is 374 g/mol. The fourth-order valence-electron chi connectivity index (χ4n) is 4.53. The van der Waals surface area contributed by atoms with Crippen LogP contribution in [-0.4, -0.2) is 18.2 Å². The molecule has 0 amide bonds. The summed E-state index contributed by atoms with van der Waals surface area (Å²) in [5.74, 6) is 0.765. The Bertz CT molecular complexity index is 569. The third kappa shape index (κ3) is 6.05. The molecule has 1 atom stereocenters. The van der Waals surface area contributed by atoms with Gasteiger partial charge in [0.25, 0.3) is 0 Å². The van der Waals surface area contributed by atoms with Crippen molar-refractivity contribution in [1.29, 1.82) is 0 Å². The van der Waals surface area contributed by atoms with Crippen molar-refractivity contribution >= 4 is 5.97 Å². The van der Waals surface area contributed by atoms with E-state index in [4.69, 9.17) is 4.74 Å². The second-order valence-electron chi connectivity index (χ2n) is 8.38. The molecule has 1 aromatic carbocycles. The fourth-order valence-corrected chi connectivity index (χ4v) is 4.53. The molecule has 0 spiro atoms. The molecule has 0 aliphatic heterocycles. The molecule has 0 unspecified atom stereocenters. The summed E-state index contributed by atoms with van der Waals surface area (Å²) in [4.78, 5) is 11.6. The molecular weight excluding hydrogens is 339 g/mol. The predicted octanol–water partition coefficient (Wildman–Crippen LogP) is 6.33. The van der Waals surface area contributed by atoms with Crippen molar-refractivity contribution in [3.8, 4) is 0 Å². The highest BCUT2D eigenvalue weighted by atomic mass is 19.1. The van der Waals surface area contributed by atoms with Crippen molar-refractivity contribution < 1.29 is 13.9 Å². The number of alkyl halides is 1. The molecule has 0 N–H and O–H groups in total. The van der Waals surface area contributed by atoms with Gasteiger partial charge in [-0.25, -0.2) is 9.18 Å². The molecule has 1 aromatic rings. The van der Waals surface area contributed by atoms with Crippen LogP contribution in [0.25, 0.3) is 0 Å². The first-order valence-corrected chi connectivity index (χ1v) is 10.9. The van der Waals surface area contributed by atoms with Gasteiger partial charge in [0, 0.05) is 0 Å². The Hall–Kier alpha value is -1.38. The summed E-state index contributed by atoms with van der Waals surface area (Å²) in [7, 11) is 0. The lowest BCUT2D eigenvalue weighted by Crippen LogP contribution is -2.28. The summed E-state index contributed by atoms with van der Waals surface area (Å²) >= 11 is 0. The normalized spacial score (nSPS) is 25.1. The lowest BCUT2D eigenvalue weighted by atomic mass is 9.82. The standard InChI is InChI=1S/C24H34FO2/c1-2-23(25)24(26)27-22-16-14-21(15-17-22)20-12-10-19(11-13-20)9-8-18-6-4-3-5-7-18/h3,10-13,18,21-23H,2,4-9,14-17H2,1H3/t21-,22-,23-/m0/s1. The van der Waals surface area contributed by atoms with Crippen LogP contribution in [0.2, 0.25) is 0 Å². The number of esters is 1. The summed E-state index contributed by atoms with van der Waals surface area (Å²) in [5.41, 5.74) is 2.84. The third-order valence-electron chi connectivity index (χ3n) is 6.42. The maximum atomic E-state index is 13.4. The molecule has 2 aliphatic carbocycles. The SMILES string of the molecule is CC[C@H](F)C(=O)O[C@H]1CC[C@H](c2ccc(CCC3CC[CH]CC3)cc2)CC1. The summed E-state index contributed by atoms with van der Waals surface area (Å²) in [5, 5.41) is 0. The van der Waals surface area contributed by atoms with E-state index in [1.165, 1.54) is 49.7 Å². The van der Waals surface area contributed by atoms with E-state index in [0.717, 1.165) is 31.6 Å². The third-order valence-corrected chi connectivity index (χ3v) is 6.42. The van der Waals surface area contributed by atoms with Crippen molar-refractivity contribution in [1.82, 2.24) is 0 Å². The Labute approximate surface area is 163 Å². The first kappa shape index (κ1) is 20.4. The van der Waals surface area contributed by atoms with Crippen LogP contribution >= 0.6 is 0 Å². The zero-order chi connectivity index (χ0) is 19.1. The van der Waals surface area contributed by atoms with Gasteiger partial charge in [0.15, 0.2) is 6.17 Å². The number of carbonyl (C=O) groups is 1. The minimum Gasteiger partial charge on any atom is -0.460 e. The second-order valence-corrected chi connectivity index (χ2v) is 8.38. The Balaban J connectivity index is 1.42. The van der Waals surface area contributed by atoms with Gasteiger partial charge in [-0.15, -0.1) is 0 Å². The molecule has 149 valence electrons. The van der Waals surface area contributed by atoms with Gasteiger partial charge in [-0.2, -0.15) is 0 Å². The number of halogens is 1. The van der Waals surface area contributed by atoms with Crippen molar-refractivity contribution in [2.24, 2.45) is 5.92 Å². The first-order valence-electron chi connectivity index (χ1n) is 10.9. The lowest BCUT2D eigenvalue weighted by molar-refractivity contribution is -0.156. The quantitative estimate of drug-likeness (QED) is 0.522. The highest BCUT2D eigenvalue weighted by molar-refractivity contribution is 5.74. The highest BCUT2D eigenvalue weighted by Crippen LogP contribution is 2.34. The molecule has 2 saturated carbocycles. The lowest BCUT2D eigenvalue weighted by Gasteiger charge is -2.29. The van der Waals surface area contributed by atoms with E-state index in [-0.39, 0.29) is 12.5 Å². The minimum absolute atomic E-state index is 0.106. The molecule has 0 aromatic heterocycles. The van der Waals surface area contributed by atoms with Gasteiger partial charge in [-0.3, -0.25) is 0 Å². The Morgan fingerprint density at radius 3 is 2.37 bits per heavy atom. The van der Waals surface area contributed by atoms with Crippen LogP contribution in [-0.2, 0) is 16.0 Å². The van der Waals surface area contributed by atoms with Crippen LogP contribution in [0.5, 0.6) is 0 Å².